The molecular formula is C72H65BN4O2. The van der Waals surface area contributed by atoms with Crippen molar-refractivity contribution in [2.75, 3.05) is 14.7 Å². The molecule has 0 saturated carbocycles. The van der Waals surface area contributed by atoms with E-state index in [0.29, 0.717) is 0 Å². The molecule has 3 aliphatic rings. The highest BCUT2D eigenvalue weighted by atomic mass is 16.3. The number of hydrogen-bond acceptors (Lipinski definition) is 5. The highest BCUT2D eigenvalue weighted by Gasteiger charge is 2.50. The fourth-order valence-electron chi connectivity index (χ4n) is 13.2. The zero-order chi connectivity index (χ0) is 54.4. The van der Waals surface area contributed by atoms with Crippen molar-refractivity contribution in [1.82, 2.24) is 4.57 Å². The molecule has 6 nitrogen and oxygen atoms in total. The van der Waals surface area contributed by atoms with Gasteiger partial charge in [0.15, 0.2) is 5.58 Å². The number of fused-ring (bicyclic) bond motifs is 14. The predicted molar refractivity (Wildman–Crippen MR) is 335 cm³/mol. The minimum absolute atomic E-state index is 0.0409. The van der Waals surface area contributed by atoms with Crippen LogP contribution in [-0.2, 0) is 21.7 Å². The Kier molecular flexibility index (Phi) is 9.74. The van der Waals surface area contributed by atoms with Crippen molar-refractivity contribution in [3.8, 4) is 5.69 Å². The Morgan fingerprint density at radius 2 is 0.924 bits per heavy atom. The molecule has 12 aromatic rings. The van der Waals surface area contributed by atoms with E-state index in [2.05, 4.69) is 278 Å². The average Bonchev–Trinajstić information content (AvgIpc) is 3.28. The molecule has 9 aromatic carbocycles. The first-order chi connectivity index (χ1) is 37.7. The summed E-state index contributed by atoms with van der Waals surface area (Å²) in [6.07, 6.45) is 0. The second kappa shape index (κ2) is 16.1. The Morgan fingerprint density at radius 1 is 0.380 bits per heavy atom. The molecule has 7 heteroatoms. The van der Waals surface area contributed by atoms with Gasteiger partial charge in [0.05, 0.1) is 50.8 Å². The smallest absolute Gasteiger partial charge is 0.297 e. The molecule has 3 aliphatic heterocycles. The topological polar surface area (TPSA) is 40.9 Å². The summed E-state index contributed by atoms with van der Waals surface area (Å²) < 4.78 is 17.4. The zero-order valence-corrected chi connectivity index (χ0v) is 47.4. The molecule has 6 heterocycles. The molecule has 0 amide bonds. The van der Waals surface area contributed by atoms with Crippen molar-refractivity contribution < 1.29 is 8.83 Å². The van der Waals surface area contributed by atoms with Gasteiger partial charge >= 0.3 is 0 Å². The summed E-state index contributed by atoms with van der Waals surface area (Å²) in [7, 11) is 0. The summed E-state index contributed by atoms with van der Waals surface area (Å²) in [5.41, 5.74) is 23.9. The van der Waals surface area contributed by atoms with E-state index in [1.165, 1.54) is 72.0 Å². The number of nitrogens with zero attached hydrogens (tertiary/aromatic N) is 4. The molecule has 0 aliphatic carbocycles. The van der Waals surface area contributed by atoms with Gasteiger partial charge in [-0.05, 0) is 146 Å². The van der Waals surface area contributed by atoms with Crippen LogP contribution in [0.4, 0.5) is 51.2 Å². The predicted octanol–water partition coefficient (Wildman–Crippen LogP) is 18.5. The fraction of sp³-hybridized carbons (Fsp3) is 0.222. The number of anilines is 9. The lowest BCUT2D eigenvalue weighted by molar-refractivity contribution is 0.589. The van der Waals surface area contributed by atoms with Crippen LogP contribution in [0.5, 0.6) is 0 Å². The van der Waals surface area contributed by atoms with Gasteiger partial charge in [-0.1, -0.05) is 168 Å². The van der Waals surface area contributed by atoms with Crippen LogP contribution < -0.4 is 31.3 Å². The first-order valence-electron chi connectivity index (χ1n) is 28.2. The van der Waals surface area contributed by atoms with Gasteiger partial charge in [0.2, 0.25) is 0 Å². The van der Waals surface area contributed by atoms with Gasteiger partial charge in [-0.3, -0.25) is 0 Å². The molecule has 0 saturated heterocycles. The van der Waals surface area contributed by atoms with Crippen LogP contribution in [0.15, 0.2) is 185 Å². The number of benzene rings is 9. The molecule has 0 spiro atoms. The number of aromatic nitrogens is 1. The van der Waals surface area contributed by atoms with Gasteiger partial charge in [0, 0.05) is 49.7 Å². The van der Waals surface area contributed by atoms with Gasteiger partial charge in [-0.25, -0.2) is 0 Å². The third-order valence-corrected chi connectivity index (χ3v) is 17.4. The van der Waals surface area contributed by atoms with Gasteiger partial charge in [-0.2, -0.15) is 0 Å². The van der Waals surface area contributed by atoms with E-state index in [0.717, 1.165) is 78.4 Å². The van der Waals surface area contributed by atoms with Crippen molar-refractivity contribution in [1.29, 1.82) is 0 Å². The Bertz CT molecular complexity index is 4510. The molecule has 0 N–H and O–H groups in total. The van der Waals surface area contributed by atoms with Crippen LogP contribution in [0.3, 0.4) is 0 Å². The summed E-state index contributed by atoms with van der Waals surface area (Å²) in [4.78, 5) is 7.61. The lowest BCUT2D eigenvalue weighted by Gasteiger charge is -2.46. The molecule has 3 aromatic heterocycles. The van der Waals surface area contributed by atoms with Gasteiger partial charge < -0.3 is 28.1 Å². The maximum absolute atomic E-state index is 7.64. The van der Waals surface area contributed by atoms with E-state index >= 15 is 0 Å². The van der Waals surface area contributed by atoms with Crippen molar-refractivity contribution in [3.63, 3.8) is 0 Å². The number of hydrogen-bond donors (Lipinski definition) is 0. The molecule has 15 rings (SSSR count). The van der Waals surface area contributed by atoms with Gasteiger partial charge in [-0.15, -0.1) is 0 Å². The fourth-order valence-corrected chi connectivity index (χ4v) is 13.2. The number of rotatable bonds is 4. The van der Waals surface area contributed by atoms with Crippen LogP contribution in [0.2, 0.25) is 0 Å². The molecule has 0 bridgehead atoms. The summed E-state index contributed by atoms with van der Waals surface area (Å²) in [6, 6.07) is 65.9. The lowest BCUT2D eigenvalue weighted by atomic mass is 9.35. The molecule has 0 radical (unpaired) electrons. The highest BCUT2D eigenvalue weighted by Crippen LogP contribution is 2.57. The summed E-state index contributed by atoms with van der Waals surface area (Å²) in [5.74, 6) is 0. The third-order valence-electron chi connectivity index (χ3n) is 17.4. The zero-order valence-electron chi connectivity index (χ0n) is 47.4. The van der Waals surface area contributed by atoms with Crippen molar-refractivity contribution in [2.45, 2.75) is 105 Å². The molecule has 0 unspecified atom stereocenters. The van der Waals surface area contributed by atoms with Crippen LogP contribution in [-0.4, -0.2) is 11.3 Å². The largest absolute Gasteiger partial charge is 0.468 e. The number of furan rings is 2. The van der Waals surface area contributed by atoms with Crippen molar-refractivity contribution in [3.05, 3.63) is 198 Å². The molecule has 0 fully saturated rings. The van der Waals surface area contributed by atoms with Gasteiger partial charge in [0.25, 0.3) is 6.71 Å². The van der Waals surface area contributed by atoms with Crippen LogP contribution >= 0.6 is 0 Å². The maximum atomic E-state index is 7.64. The standard InChI is InChI=1S/C72H65BN4O2/c1-69(2,3)42-30-32-55-51(34-42)52-36-44(71(7,8)9)38-59-64(52)75(55)60-39-45(72(10,11)12)37-54-66(60)77(59)58-41-48(74(46-22-15-13-16-23-46)47-24-17-14-18-25-47)40-57-63(58)73(54)68-65(53-35-43(70(4,5)6)31-33-62(53)79-68)76(57)56-28-21-27-50-49-26-19-20-29-61(49)78-67(50)56/h13-41H,1-12H3. The molecule has 0 atom stereocenters. The lowest BCUT2D eigenvalue weighted by Crippen LogP contribution is -2.61. The van der Waals surface area contributed by atoms with E-state index in [1.54, 1.807) is 0 Å². The Morgan fingerprint density at radius 3 is 1.58 bits per heavy atom. The third kappa shape index (κ3) is 6.90. The van der Waals surface area contributed by atoms with Crippen LogP contribution in [0.25, 0.3) is 60.4 Å². The number of para-hydroxylation sites is 4. The first kappa shape index (κ1) is 47.8. The van der Waals surface area contributed by atoms with E-state index in [1.807, 2.05) is 0 Å². The average molecular weight is 1030 g/mol. The van der Waals surface area contributed by atoms with Crippen molar-refractivity contribution >= 4 is 129 Å². The van der Waals surface area contributed by atoms with Gasteiger partial charge in [0.1, 0.15) is 11.2 Å². The monoisotopic (exact) mass is 1030 g/mol. The first-order valence-corrected chi connectivity index (χ1v) is 28.2. The summed E-state index contributed by atoms with van der Waals surface area (Å²) >= 11 is 0. The summed E-state index contributed by atoms with van der Waals surface area (Å²) in [5, 5.41) is 5.79. The quantitative estimate of drug-likeness (QED) is 0.164. The Balaban J connectivity index is 1.16. The molecule has 388 valence electrons. The van der Waals surface area contributed by atoms with E-state index in [4.69, 9.17) is 8.83 Å². The minimum atomic E-state index is -0.294. The second-order valence-corrected chi connectivity index (χ2v) is 26.7. The summed E-state index contributed by atoms with van der Waals surface area (Å²) in [6.45, 7) is 27.7. The minimum Gasteiger partial charge on any atom is -0.468 e. The molecule has 79 heavy (non-hydrogen) atoms. The van der Waals surface area contributed by atoms with E-state index in [9.17, 15) is 0 Å². The Labute approximate surface area is 463 Å². The van der Waals surface area contributed by atoms with E-state index < -0.39 is 0 Å². The Hall–Kier alpha value is -8.42. The normalized spacial score (nSPS) is 14.0. The maximum Gasteiger partial charge on any atom is 0.297 e. The SMILES string of the molecule is CC(C)(C)c1cc2c3c(c1)-n1c4ccc(C(C)(C)C)cc4c4cc(C(C)(C)C)cc(c41)N3c1cc(N(c3ccccc3)c3ccccc3)cc3c1B2c1oc2ccc(C(C)(C)C)cc2c1N3c1cccc2c1oc1ccccc12. The van der Waals surface area contributed by atoms with Crippen LogP contribution in [0, 0.1) is 0 Å². The van der Waals surface area contributed by atoms with Crippen LogP contribution in [0.1, 0.15) is 105 Å². The van der Waals surface area contributed by atoms with E-state index in [-0.39, 0.29) is 28.4 Å². The van der Waals surface area contributed by atoms with Crippen molar-refractivity contribution in [2.24, 2.45) is 0 Å². The molecular weight excluding hydrogens is 964 g/mol. The highest BCUT2D eigenvalue weighted by molar-refractivity contribution is 7.00. The second-order valence-electron chi connectivity index (χ2n) is 26.7.